The van der Waals surface area contributed by atoms with Gasteiger partial charge in [-0.1, -0.05) is 6.07 Å². The predicted octanol–water partition coefficient (Wildman–Crippen LogP) is 4.39. The second kappa shape index (κ2) is 8.05. The molecule has 1 atom stereocenters. The Morgan fingerprint density at radius 3 is 2.33 bits per heavy atom. The topological polar surface area (TPSA) is 98.5 Å². The van der Waals surface area contributed by atoms with Crippen LogP contribution in [0.3, 0.4) is 0 Å². The number of ether oxygens (including phenoxy) is 4. The van der Waals surface area contributed by atoms with Crippen LogP contribution < -0.4 is 24.5 Å². The lowest BCUT2D eigenvalue weighted by Gasteiger charge is -2.27. The first-order valence-electron chi connectivity index (χ1n) is 10.4. The molecular weight excluding hydrogens is 422 g/mol. The first-order chi connectivity index (χ1) is 16.0. The lowest BCUT2D eigenvalue weighted by atomic mass is 9.83. The Morgan fingerprint density at radius 1 is 0.909 bits per heavy atom. The maximum atomic E-state index is 13.5. The van der Waals surface area contributed by atoms with Crippen molar-refractivity contribution in [3.63, 3.8) is 0 Å². The summed E-state index contributed by atoms with van der Waals surface area (Å²) in [6.07, 6.45) is 0. The zero-order chi connectivity index (χ0) is 23.1. The summed E-state index contributed by atoms with van der Waals surface area (Å²) in [6.45, 7) is 1.91. The number of aromatic amines is 2. The summed E-state index contributed by atoms with van der Waals surface area (Å²) in [5.74, 6) is 2.46. The normalized spacial score (nSPS) is 14.1. The number of aromatic nitrogens is 3. The molecule has 8 heteroatoms. The molecule has 0 spiro atoms. The van der Waals surface area contributed by atoms with E-state index in [4.69, 9.17) is 18.9 Å². The van der Waals surface area contributed by atoms with Crippen LogP contribution in [0.2, 0.25) is 0 Å². The zero-order valence-corrected chi connectivity index (χ0v) is 18.7. The highest BCUT2D eigenvalue weighted by atomic mass is 16.5. The molecule has 0 aliphatic carbocycles. The molecule has 1 unspecified atom stereocenters. The quantitative estimate of drug-likeness (QED) is 0.417. The van der Waals surface area contributed by atoms with Gasteiger partial charge in [-0.3, -0.25) is 9.89 Å². The van der Waals surface area contributed by atoms with Gasteiger partial charge in [-0.15, -0.1) is 5.10 Å². The lowest BCUT2D eigenvalue weighted by molar-refractivity contribution is 0.388. The maximum absolute atomic E-state index is 13.5. The molecule has 3 heterocycles. The largest absolute Gasteiger partial charge is 0.497 e. The van der Waals surface area contributed by atoms with Gasteiger partial charge in [-0.2, -0.15) is 0 Å². The molecule has 2 aromatic heterocycles. The zero-order valence-electron chi connectivity index (χ0n) is 18.7. The van der Waals surface area contributed by atoms with Gasteiger partial charge in [0.1, 0.15) is 23.0 Å². The van der Waals surface area contributed by atoms with Crippen LogP contribution in [0.15, 0.2) is 53.3 Å². The van der Waals surface area contributed by atoms with Crippen LogP contribution in [0.4, 0.5) is 0 Å². The molecule has 33 heavy (non-hydrogen) atoms. The van der Waals surface area contributed by atoms with Crippen LogP contribution in [-0.2, 0) is 0 Å². The highest BCUT2D eigenvalue weighted by molar-refractivity contribution is 5.66. The highest BCUT2D eigenvalue weighted by Gasteiger charge is 2.37. The first-order valence-corrected chi connectivity index (χ1v) is 10.4. The summed E-state index contributed by atoms with van der Waals surface area (Å²) < 4.78 is 22.4. The molecule has 0 saturated heterocycles. The Bertz CT molecular complexity index is 1390. The van der Waals surface area contributed by atoms with Crippen LogP contribution in [0, 0.1) is 6.92 Å². The average molecular weight is 445 g/mol. The molecule has 0 saturated carbocycles. The van der Waals surface area contributed by atoms with Crippen molar-refractivity contribution in [3.05, 3.63) is 81.3 Å². The van der Waals surface area contributed by atoms with Crippen molar-refractivity contribution in [2.75, 3.05) is 21.3 Å². The summed E-state index contributed by atoms with van der Waals surface area (Å²) >= 11 is 0. The molecule has 5 rings (SSSR count). The molecular formula is C25H23N3O5. The van der Waals surface area contributed by atoms with Crippen molar-refractivity contribution in [2.45, 2.75) is 12.8 Å². The second-order valence-corrected chi connectivity index (χ2v) is 7.73. The minimum Gasteiger partial charge on any atom is -0.497 e. The van der Waals surface area contributed by atoms with E-state index in [2.05, 4.69) is 15.2 Å². The molecule has 0 fully saturated rings. The van der Waals surface area contributed by atoms with E-state index >= 15 is 0 Å². The van der Waals surface area contributed by atoms with Crippen molar-refractivity contribution >= 4 is 0 Å². The monoisotopic (exact) mass is 445 g/mol. The fourth-order valence-corrected chi connectivity index (χ4v) is 4.28. The summed E-state index contributed by atoms with van der Waals surface area (Å²) in [5, 5.41) is 7.32. The van der Waals surface area contributed by atoms with Crippen LogP contribution in [0.1, 0.15) is 28.3 Å². The van der Waals surface area contributed by atoms with Crippen molar-refractivity contribution in [1.82, 2.24) is 15.2 Å². The summed E-state index contributed by atoms with van der Waals surface area (Å²) in [4.78, 5) is 16.5. The summed E-state index contributed by atoms with van der Waals surface area (Å²) in [5.41, 5.74) is 4.15. The number of pyridine rings is 1. The average Bonchev–Trinajstić information content (AvgIpc) is 3.22. The van der Waals surface area contributed by atoms with E-state index in [0.717, 1.165) is 28.1 Å². The van der Waals surface area contributed by atoms with Crippen molar-refractivity contribution < 1.29 is 18.9 Å². The Morgan fingerprint density at radius 2 is 1.64 bits per heavy atom. The van der Waals surface area contributed by atoms with Crippen molar-refractivity contribution in [2.24, 2.45) is 0 Å². The number of benzene rings is 2. The molecule has 4 aromatic rings. The number of methoxy groups -OCH3 is 3. The van der Waals surface area contributed by atoms with E-state index in [-0.39, 0.29) is 5.56 Å². The predicted molar refractivity (Wildman–Crippen MR) is 123 cm³/mol. The number of nitrogens with zero attached hydrogens (tertiary/aromatic N) is 1. The number of rotatable bonds is 5. The number of fused-ring (bicyclic) bond motifs is 2. The number of hydrogen-bond donors (Lipinski definition) is 2. The number of aryl methyl sites for hydroxylation is 1. The highest BCUT2D eigenvalue weighted by Crippen LogP contribution is 2.49. The molecule has 1 aliphatic rings. The number of H-pyrrole nitrogens is 2. The smallest absolute Gasteiger partial charge is 0.256 e. The third-order valence-corrected chi connectivity index (χ3v) is 5.93. The third-order valence-electron chi connectivity index (χ3n) is 5.93. The summed E-state index contributed by atoms with van der Waals surface area (Å²) in [7, 11) is 4.81. The van der Waals surface area contributed by atoms with Gasteiger partial charge in [0.15, 0.2) is 0 Å². The summed E-state index contributed by atoms with van der Waals surface area (Å²) in [6, 6.07) is 14.8. The van der Waals surface area contributed by atoms with E-state index in [0.29, 0.717) is 34.4 Å². The molecule has 8 nitrogen and oxygen atoms in total. The molecule has 0 amide bonds. The Balaban J connectivity index is 1.71. The molecule has 0 bridgehead atoms. The van der Waals surface area contributed by atoms with Gasteiger partial charge in [-0.05, 0) is 42.8 Å². The van der Waals surface area contributed by atoms with E-state index < -0.39 is 5.92 Å². The Kier molecular flexibility index (Phi) is 5.05. The molecule has 1 aliphatic heterocycles. The molecule has 2 aromatic carbocycles. The SMILES string of the molecule is COc1ccc(-c2cc3c(c(=O)[nH]2)C(c2ccc(OC)cc2OC)c2c(n[nH]c2C)O3)cc1. The number of nitrogens with one attached hydrogen (secondary N) is 2. The lowest BCUT2D eigenvalue weighted by Crippen LogP contribution is -2.23. The minimum absolute atomic E-state index is 0.243. The number of hydrogen-bond acceptors (Lipinski definition) is 6. The first kappa shape index (κ1) is 20.7. The fraction of sp³-hybridized carbons (Fsp3) is 0.200. The minimum atomic E-state index is -0.433. The van der Waals surface area contributed by atoms with Gasteiger partial charge in [0.2, 0.25) is 5.88 Å². The van der Waals surface area contributed by atoms with Crippen LogP contribution >= 0.6 is 0 Å². The van der Waals surface area contributed by atoms with Gasteiger partial charge >= 0.3 is 0 Å². The van der Waals surface area contributed by atoms with Gasteiger partial charge in [0, 0.05) is 29.0 Å². The second-order valence-electron chi connectivity index (χ2n) is 7.73. The van der Waals surface area contributed by atoms with Gasteiger partial charge in [0.05, 0.1) is 38.5 Å². The standard InChI is InChI=1S/C25H23N3O5/c1-13-21-22(17-10-9-16(31-3)11-19(17)32-4)23-20(33-25(21)28-27-13)12-18(26-24(23)29)14-5-7-15(30-2)8-6-14/h5-12,22H,1-4H3,(H,26,29)(H,27,28). The van der Waals surface area contributed by atoms with E-state index in [9.17, 15) is 4.79 Å². The van der Waals surface area contributed by atoms with Crippen molar-refractivity contribution in [3.8, 4) is 40.1 Å². The van der Waals surface area contributed by atoms with E-state index in [1.54, 1.807) is 27.4 Å². The van der Waals surface area contributed by atoms with Crippen LogP contribution in [0.25, 0.3) is 11.3 Å². The van der Waals surface area contributed by atoms with Gasteiger partial charge < -0.3 is 23.9 Å². The molecule has 2 N–H and O–H groups in total. The Hall–Kier alpha value is -4.20. The molecule has 0 radical (unpaired) electrons. The van der Waals surface area contributed by atoms with Gasteiger partial charge in [-0.25, -0.2) is 0 Å². The van der Waals surface area contributed by atoms with Crippen molar-refractivity contribution in [1.29, 1.82) is 0 Å². The molecule has 168 valence electrons. The third kappa shape index (κ3) is 3.40. The fourth-order valence-electron chi connectivity index (χ4n) is 4.28. The maximum Gasteiger partial charge on any atom is 0.256 e. The van der Waals surface area contributed by atoms with Gasteiger partial charge in [0.25, 0.3) is 5.56 Å². The van der Waals surface area contributed by atoms with E-state index in [1.807, 2.05) is 49.4 Å². The Labute approximate surface area is 190 Å². The van der Waals surface area contributed by atoms with E-state index in [1.165, 1.54) is 0 Å². The van der Waals surface area contributed by atoms with Crippen LogP contribution in [-0.4, -0.2) is 36.5 Å². The van der Waals surface area contributed by atoms with Crippen LogP contribution in [0.5, 0.6) is 28.9 Å².